The van der Waals surface area contributed by atoms with Crippen LogP contribution in [0.4, 0.5) is 5.82 Å². The summed E-state index contributed by atoms with van der Waals surface area (Å²) in [7, 11) is 0. The van der Waals surface area contributed by atoms with Gasteiger partial charge in [-0.15, -0.1) is 11.8 Å². The maximum absolute atomic E-state index is 11.4. The number of hydrogen-bond donors (Lipinski definition) is 2. The van der Waals surface area contributed by atoms with E-state index in [-0.39, 0.29) is 5.56 Å². The van der Waals surface area contributed by atoms with Crippen molar-refractivity contribution in [2.75, 3.05) is 17.6 Å². The lowest BCUT2D eigenvalue weighted by Crippen LogP contribution is -2.27. The van der Waals surface area contributed by atoms with E-state index >= 15 is 0 Å². The maximum Gasteiger partial charge on any atom is 0.341 e. The van der Waals surface area contributed by atoms with Gasteiger partial charge < -0.3 is 10.4 Å². The first kappa shape index (κ1) is 21.6. The van der Waals surface area contributed by atoms with Gasteiger partial charge in [-0.25, -0.2) is 14.8 Å². The first-order valence-electron chi connectivity index (χ1n) is 10.3. The molecule has 32 heavy (non-hydrogen) atoms. The lowest BCUT2D eigenvalue weighted by Gasteiger charge is -2.35. The van der Waals surface area contributed by atoms with E-state index in [4.69, 9.17) is 0 Å². The highest BCUT2D eigenvalue weighted by Gasteiger charge is 2.36. The van der Waals surface area contributed by atoms with Crippen LogP contribution >= 0.6 is 11.8 Å². The summed E-state index contributed by atoms with van der Waals surface area (Å²) in [5.41, 5.74) is 3.64. The lowest BCUT2D eigenvalue weighted by molar-refractivity contribution is 0.0697. The van der Waals surface area contributed by atoms with Gasteiger partial charge in [-0.3, -0.25) is 0 Å². The summed E-state index contributed by atoms with van der Waals surface area (Å²) in [6.07, 6.45) is 2.66. The summed E-state index contributed by atoms with van der Waals surface area (Å²) in [5, 5.41) is 12.5. The Labute approximate surface area is 191 Å². The van der Waals surface area contributed by atoms with E-state index in [2.05, 4.69) is 88.1 Å². The van der Waals surface area contributed by atoms with Gasteiger partial charge in [0.15, 0.2) is 0 Å². The van der Waals surface area contributed by atoms with Crippen molar-refractivity contribution in [3.8, 4) is 0 Å². The first-order valence-corrected chi connectivity index (χ1v) is 11.3. The van der Waals surface area contributed by atoms with Crippen molar-refractivity contribution in [3.05, 3.63) is 126 Å². The van der Waals surface area contributed by atoms with Crippen LogP contribution in [0.1, 0.15) is 27.0 Å². The number of aromatic carboxylic acids is 1. The van der Waals surface area contributed by atoms with Gasteiger partial charge in [0.1, 0.15) is 17.7 Å². The Hall–Kier alpha value is -3.64. The average Bonchev–Trinajstić information content (AvgIpc) is 2.86. The van der Waals surface area contributed by atoms with E-state index in [0.717, 1.165) is 5.75 Å². The van der Waals surface area contributed by atoms with Gasteiger partial charge in [-0.1, -0.05) is 91.0 Å². The van der Waals surface area contributed by atoms with Crippen molar-refractivity contribution in [3.63, 3.8) is 0 Å². The second-order valence-electron chi connectivity index (χ2n) is 7.14. The van der Waals surface area contributed by atoms with Crippen LogP contribution in [-0.4, -0.2) is 33.3 Å². The molecule has 6 heteroatoms. The van der Waals surface area contributed by atoms with E-state index in [0.29, 0.717) is 12.4 Å². The SMILES string of the molecule is O=C(O)c1cncnc1NCCSC(c1ccccc1)(c1ccccc1)c1ccccc1. The Kier molecular flexibility index (Phi) is 6.82. The molecule has 0 bridgehead atoms. The third-order valence-corrected chi connectivity index (χ3v) is 6.75. The van der Waals surface area contributed by atoms with E-state index in [1.165, 1.54) is 29.2 Å². The Balaban J connectivity index is 1.67. The minimum atomic E-state index is -1.05. The number of hydrogen-bond acceptors (Lipinski definition) is 5. The molecule has 1 aromatic heterocycles. The highest BCUT2D eigenvalue weighted by atomic mass is 32.2. The van der Waals surface area contributed by atoms with Crippen LogP contribution in [0.2, 0.25) is 0 Å². The molecule has 0 spiro atoms. The molecule has 4 aromatic rings. The van der Waals surface area contributed by atoms with Crippen molar-refractivity contribution in [1.29, 1.82) is 0 Å². The normalized spacial score (nSPS) is 11.1. The van der Waals surface area contributed by atoms with Crippen LogP contribution in [0.15, 0.2) is 104 Å². The van der Waals surface area contributed by atoms with Crippen molar-refractivity contribution >= 4 is 23.5 Å². The average molecular weight is 442 g/mol. The van der Waals surface area contributed by atoms with E-state index in [1.54, 1.807) is 0 Å². The summed E-state index contributed by atoms with van der Waals surface area (Å²) < 4.78 is -0.410. The Morgan fingerprint density at radius 3 is 1.81 bits per heavy atom. The van der Waals surface area contributed by atoms with Crippen LogP contribution in [0.25, 0.3) is 0 Å². The number of thioether (sulfide) groups is 1. The minimum Gasteiger partial charge on any atom is -0.477 e. The number of nitrogens with zero attached hydrogens (tertiary/aromatic N) is 2. The first-order chi connectivity index (χ1) is 15.7. The quantitative estimate of drug-likeness (QED) is 0.271. The second kappa shape index (κ2) is 10.1. The van der Waals surface area contributed by atoms with Crippen LogP contribution in [0.5, 0.6) is 0 Å². The molecule has 1 heterocycles. The fourth-order valence-electron chi connectivity index (χ4n) is 3.77. The van der Waals surface area contributed by atoms with Gasteiger partial charge in [-0.05, 0) is 16.7 Å². The molecule has 0 aliphatic rings. The predicted octanol–water partition coefficient (Wildman–Crippen LogP) is 5.31. The highest BCUT2D eigenvalue weighted by molar-refractivity contribution is 8.00. The van der Waals surface area contributed by atoms with E-state index < -0.39 is 10.7 Å². The number of nitrogens with one attached hydrogen (secondary N) is 1. The molecular weight excluding hydrogens is 418 g/mol. The summed E-state index contributed by atoms with van der Waals surface area (Å²) in [4.78, 5) is 19.4. The molecule has 0 aliphatic carbocycles. The highest BCUT2D eigenvalue weighted by Crippen LogP contribution is 2.48. The number of aromatic nitrogens is 2. The van der Waals surface area contributed by atoms with Gasteiger partial charge in [0, 0.05) is 18.5 Å². The monoisotopic (exact) mass is 441 g/mol. The zero-order valence-electron chi connectivity index (χ0n) is 17.4. The van der Waals surface area contributed by atoms with Gasteiger partial charge >= 0.3 is 5.97 Å². The van der Waals surface area contributed by atoms with Crippen molar-refractivity contribution in [2.45, 2.75) is 4.75 Å². The van der Waals surface area contributed by atoms with Crippen LogP contribution in [-0.2, 0) is 4.75 Å². The molecule has 0 atom stereocenters. The number of carbonyl (C=O) groups is 1. The smallest absolute Gasteiger partial charge is 0.341 e. The number of carboxylic acid groups (broad SMARTS) is 1. The molecule has 0 radical (unpaired) electrons. The van der Waals surface area contributed by atoms with Gasteiger partial charge in [0.2, 0.25) is 0 Å². The fraction of sp³-hybridized carbons (Fsp3) is 0.115. The molecular formula is C26H23N3O2S. The number of anilines is 1. The van der Waals surface area contributed by atoms with E-state index in [9.17, 15) is 9.90 Å². The third kappa shape index (κ3) is 4.50. The van der Waals surface area contributed by atoms with Crippen molar-refractivity contribution in [2.24, 2.45) is 0 Å². The lowest BCUT2D eigenvalue weighted by atomic mass is 9.84. The van der Waals surface area contributed by atoms with Crippen molar-refractivity contribution in [1.82, 2.24) is 9.97 Å². The van der Waals surface area contributed by atoms with Crippen LogP contribution in [0, 0.1) is 0 Å². The standard InChI is InChI=1S/C26H23N3O2S/c30-25(31)23-18-27-19-29-24(23)28-16-17-32-26(20-10-4-1-5-11-20,21-12-6-2-7-13-21)22-14-8-3-9-15-22/h1-15,18-19H,16-17H2,(H,30,31)(H,27,28,29). The van der Waals surface area contributed by atoms with Gasteiger partial charge in [0.25, 0.3) is 0 Å². The van der Waals surface area contributed by atoms with Gasteiger partial charge in [0.05, 0.1) is 4.75 Å². The molecule has 0 fully saturated rings. The van der Waals surface area contributed by atoms with Crippen molar-refractivity contribution < 1.29 is 9.90 Å². The van der Waals surface area contributed by atoms with Crippen LogP contribution < -0.4 is 5.32 Å². The Morgan fingerprint density at radius 2 is 1.34 bits per heavy atom. The molecule has 0 unspecified atom stereocenters. The molecule has 0 saturated carbocycles. The summed E-state index contributed by atoms with van der Waals surface area (Å²) in [6, 6.07) is 31.4. The van der Waals surface area contributed by atoms with E-state index in [1.807, 2.05) is 30.0 Å². The molecule has 5 nitrogen and oxygen atoms in total. The molecule has 2 N–H and O–H groups in total. The Morgan fingerprint density at radius 1 is 0.844 bits per heavy atom. The molecule has 0 amide bonds. The fourth-order valence-corrected chi connectivity index (χ4v) is 5.19. The van der Waals surface area contributed by atoms with Gasteiger partial charge in [-0.2, -0.15) is 0 Å². The largest absolute Gasteiger partial charge is 0.477 e. The third-order valence-electron chi connectivity index (χ3n) is 5.20. The molecule has 0 saturated heterocycles. The molecule has 0 aliphatic heterocycles. The number of benzene rings is 3. The second-order valence-corrected chi connectivity index (χ2v) is 8.45. The summed E-state index contributed by atoms with van der Waals surface area (Å²) >= 11 is 1.81. The van der Waals surface area contributed by atoms with Crippen LogP contribution in [0.3, 0.4) is 0 Å². The summed E-state index contributed by atoms with van der Waals surface area (Å²) in [6.45, 7) is 0.552. The number of carboxylic acids is 1. The maximum atomic E-state index is 11.4. The minimum absolute atomic E-state index is 0.0675. The predicted molar refractivity (Wildman–Crippen MR) is 129 cm³/mol. The Bertz CT molecular complexity index is 1060. The molecule has 160 valence electrons. The zero-order valence-corrected chi connectivity index (χ0v) is 18.2. The summed E-state index contributed by atoms with van der Waals surface area (Å²) in [5.74, 6) is 0.00709. The topological polar surface area (TPSA) is 75.1 Å². The molecule has 4 rings (SSSR count). The molecule has 3 aromatic carbocycles. The number of rotatable bonds is 9. The zero-order chi connectivity index (χ0) is 22.2.